The Balaban J connectivity index is 1.51. The second kappa shape index (κ2) is 8.02. The number of nitrogens with zero attached hydrogens (tertiary/aromatic N) is 1. The molecule has 0 aromatic heterocycles. The van der Waals surface area contributed by atoms with Crippen molar-refractivity contribution < 1.29 is 22.7 Å². The van der Waals surface area contributed by atoms with E-state index in [1.165, 1.54) is 12.1 Å². The maximum atomic E-state index is 12.7. The van der Waals surface area contributed by atoms with Gasteiger partial charge in [0.05, 0.1) is 23.8 Å². The van der Waals surface area contributed by atoms with Crippen LogP contribution < -0.4 is 10.0 Å². The van der Waals surface area contributed by atoms with Crippen LogP contribution in [0.2, 0.25) is 0 Å². The number of hydrogen-bond donors (Lipinski definition) is 2. The van der Waals surface area contributed by atoms with E-state index in [1.807, 2.05) is 0 Å². The summed E-state index contributed by atoms with van der Waals surface area (Å²) in [5.74, 6) is -0.664. The predicted octanol–water partition coefficient (Wildman–Crippen LogP) is 1.18. The molecule has 152 valence electrons. The van der Waals surface area contributed by atoms with Crippen LogP contribution in [-0.4, -0.2) is 62.7 Å². The maximum absolute atomic E-state index is 12.7. The van der Waals surface area contributed by atoms with E-state index in [4.69, 9.17) is 4.74 Å². The average Bonchev–Trinajstić information content (AvgIpc) is 3.19. The Morgan fingerprint density at radius 1 is 1.21 bits per heavy atom. The minimum Gasteiger partial charge on any atom is -0.378 e. The highest BCUT2D eigenvalue weighted by Gasteiger charge is 2.37. The monoisotopic (exact) mass is 425 g/mol. The van der Waals surface area contributed by atoms with Gasteiger partial charge in [-0.15, -0.1) is 11.8 Å². The molecule has 1 aromatic rings. The standard InChI is InChI=1S/C18H23N3O5S2/c22-17-16(18(23)21-7-9-26-10-8-21)27-15-6-5-13(11-14(15)19-17)28(24,25)20-12-3-1-2-4-12/h5-6,11-12,16,20H,1-4,7-10H2,(H,19,22)/t16-/m0/s1. The lowest BCUT2D eigenvalue weighted by molar-refractivity contribution is -0.137. The van der Waals surface area contributed by atoms with Crippen molar-refractivity contribution in [2.45, 2.75) is 46.8 Å². The number of benzene rings is 1. The van der Waals surface area contributed by atoms with E-state index < -0.39 is 21.2 Å². The summed E-state index contributed by atoms with van der Waals surface area (Å²) < 4.78 is 33.3. The Kier molecular flexibility index (Phi) is 5.64. The molecule has 2 fully saturated rings. The molecule has 2 N–H and O–H groups in total. The van der Waals surface area contributed by atoms with Gasteiger partial charge in [0, 0.05) is 24.0 Å². The van der Waals surface area contributed by atoms with E-state index in [0.717, 1.165) is 37.4 Å². The van der Waals surface area contributed by atoms with E-state index in [1.54, 1.807) is 11.0 Å². The number of nitrogens with one attached hydrogen (secondary N) is 2. The van der Waals surface area contributed by atoms with Crippen molar-refractivity contribution in [3.8, 4) is 0 Å². The summed E-state index contributed by atoms with van der Waals surface area (Å²) >= 11 is 1.16. The summed E-state index contributed by atoms with van der Waals surface area (Å²) in [5, 5.41) is 1.83. The smallest absolute Gasteiger partial charge is 0.247 e. The van der Waals surface area contributed by atoms with E-state index in [-0.39, 0.29) is 16.8 Å². The number of morpholine rings is 1. The van der Waals surface area contributed by atoms with Gasteiger partial charge in [0.15, 0.2) is 5.25 Å². The van der Waals surface area contributed by atoms with Crippen LogP contribution >= 0.6 is 11.8 Å². The second-order valence-corrected chi connectivity index (χ2v) is 10.0. The highest BCUT2D eigenvalue weighted by Crippen LogP contribution is 2.38. The topological polar surface area (TPSA) is 105 Å². The quantitative estimate of drug-likeness (QED) is 0.702. The van der Waals surface area contributed by atoms with Crippen LogP contribution in [0.15, 0.2) is 28.0 Å². The molecule has 0 radical (unpaired) electrons. The summed E-state index contributed by atoms with van der Waals surface area (Å²) in [5.41, 5.74) is 0.426. The molecule has 10 heteroatoms. The van der Waals surface area contributed by atoms with E-state index in [0.29, 0.717) is 36.9 Å². The Morgan fingerprint density at radius 2 is 1.93 bits per heavy atom. The lowest BCUT2D eigenvalue weighted by atomic mass is 10.2. The lowest BCUT2D eigenvalue weighted by Crippen LogP contribution is -2.49. The molecular formula is C18H23N3O5S2. The molecule has 0 unspecified atom stereocenters. The van der Waals surface area contributed by atoms with Crippen LogP contribution in [0.5, 0.6) is 0 Å². The second-order valence-electron chi connectivity index (χ2n) is 7.19. The van der Waals surface area contributed by atoms with Crippen molar-refractivity contribution in [1.82, 2.24) is 9.62 Å². The fourth-order valence-corrected chi connectivity index (χ4v) is 6.08. The molecule has 4 rings (SSSR count). The van der Waals surface area contributed by atoms with Crippen LogP contribution in [0.25, 0.3) is 0 Å². The Bertz CT molecular complexity index is 877. The number of anilines is 1. The normalized spacial score (nSPS) is 23.4. The molecular weight excluding hydrogens is 402 g/mol. The van der Waals surface area contributed by atoms with Crippen LogP contribution in [0.1, 0.15) is 25.7 Å². The molecule has 28 heavy (non-hydrogen) atoms. The van der Waals surface area contributed by atoms with Gasteiger partial charge in [0.2, 0.25) is 21.8 Å². The fraction of sp³-hybridized carbons (Fsp3) is 0.556. The first-order valence-electron chi connectivity index (χ1n) is 9.44. The zero-order chi connectivity index (χ0) is 19.7. The third kappa shape index (κ3) is 4.05. The molecule has 2 amide bonds. The number of fused-ring (bicyclic) bond motifs is 1. The summed E-state index contributed by atoms with van der Waals surface area (Å²) in [6.07, 6.45) is 3.76. The van der Waals surface area contributed by atoms with Gasteiger partial charge in [0.25, 0.3) is 0 Å². The Morgan fingerprint density at radius 3 is 2.64 bits per heavy atom. The van der Waals surface area contributed by atoms with Gasteiger partial charge < -0.3 is 15.0 Å². The first-order valence-corrected chi connectivity index (χ1v) is 11.8. The van der Waals surface area contributed by atoms with E-state index in [9.17, 15) is 18.0 Å². The highest BCUT2D eigenvalue weighted by molar-refractivity contribution is 8.01. The number of sulfonamides is 1. The Hall–Kier alpha value is -1.62. The molecule has 1 atom stereocenters. The summed E-state index contributed by atoms with van der Waals surface area (Å²) in [7, 11) is -3.64. The van der Waals surface area contributed by atoms with Crippen molar-refractivity contribution in [2.24, 2.45) is 0 Å². The van der Waals surface area contributed by atoms with Crippen LogP contribution in [0.4, 0.5) is 5.69 Å². The molecule has 1 aliphatic carbocycles. The summed E-state index contributed by atoms with van der Waals surface area (Å²) in [6.45, 7) is 1.88. The highest BCUT2D eigenvalue weighted by atomic mass is 32.2. The number of rotatable bonds is 4. The van der Waals surface area contributed by atoms with E-state index >= 15 is 0 Å². The Labute approximate surface area is 168 Å². The van der Waals surface area contributed by atoms with Crippen molar-refractivity contribution in [2.75, 3.05) is 31.6 Å². The molecule has 3 aliphatic rings. The molecule has 1 saturated heterocycles. The molecule has 2 heterocycles. The van der Waals surface area contributed by atoms with Crippen molar-refractivity contribution in [1.29, 1.82) is 0 Å². The molecule has 1 aromatic carbocycles. The number of carbonyl (C=O) groups is 2. The largest absolute Gasteiger partial charge is 0.378 e. The van der Waals surface area contributed by atoms with Crippen molar-refractivity contribution in [3.63, 3.8) is 0 Å². The first-order chi connectivity index (χ1) is 13.4. The van der Waals surface area contributed by atoms with Gasteiger partial charge in [-0.25, -0.2) is 13.1 Å². The van der Waals surface area contributed by atoms with Crippen LogP contribution in [0.3, 0.4) is 0 Å². The molecule has 8 nitrogen and oxygen atoms in total. The minimum absolute atomic E-state index is 0.0273. The number of carbonyl (C=O) groups excluding carboxylic acids is 2. The third-order valence-corrected chi connectivity index (χ3v) is 8.01. The van der Waals surface area contributed by atoms with Gasteiger partial charge in [-0.2, -0.15) is 0 Å². The SMILES string of the molecule is O=C1Nc2cc(S(=O)(=O)NC3CCCC3)ccc2S[C@@H]1C(=O)N1CCOCC1. The van der Waals surface area contributed by atoms with Gasteiger partial charge in [-0.05, 0) is 31.0 Å². The van der Waals surface area contributed by atoms with Gasteiger partial charge in [-0.1, -0.05) is 12.8 Å². The zero-order valence-corrected chi connectivity index (χ0v) is 17.0. The van der Waals surface area contributed by atoms with Crippen molar-refractivity contribution >= 4 is 39.3 Å². The fourth-order valence-electron chi connectivity index (χ4n) is 3.70. The number of ether oxygens (including phenoxy) is 1. The zero-order valence-electron chi connectivity index (χ0n) is 15.3. The van der Waals surface area contributed by atoms with Gasteiger partial charge >= 0.3 is 0 Å². The predicted molar refractivity (Wildman–Crippen MR) is 105 cm³/mol. The minimum atomic E-state index is -3.64. The van der Waals surface area contributed by atoms with Crippen LogP contribution in [0, 0.1) is 0 Å². The maximum Gasteiger partial charge on any atom is 0.247 e. The molecule has 0 spiro atoms. The number of hydrogen-bond acceptors (Lipinski definition) is 6. The number of amides is 2. The summed E-state index contributed by atoms with van der Waals surface area (Å²) in [4.78, 5) is 27.6. The van der Waals surface area contributed by atoms with Gasteiger partial charge in [-0.3, -0.25) is 9.59 Å². The number of thioether (sulfide) groups is 1. The third-order valence-electron chi connectivity index (χ3n) is 5.23. The molecule has 2 aliphatic heterocycles. The van der Waals surface area contributed by atoms with Crippen molar-refractivity contribution in [3.05, 3.63) is 18.2 Å². The van der Waals surface area contributed by atoms with E-state index in [2.05, 4.69) is 10.0 Å². The average molecular weight is 426 g/mol. The van der Waals surface area contributed by atoms with Crippen LogP contribution in [-0.2, 0) is 24.3 Å². The molecule has 1 saturated carbocycles. The first kappa shape index (κ1) is 19.7. The van der Waals surface area contributed by atoms with Gasteiger partial charge in [0.1, 0.15) is 0 Å². The lowest BCUT2D eigenvalue weighted by Gasteiger charge is -2.31. The summed E-state index contributed by atoms with van der Waals surface area (Å²) in [6, 6.07) is 4.62. The molecule has 0 bridgehead atoms.